The molecule has 1 atom stereocenters. The summed E-state index contributed by atoms with van der Waals surface area (Å²) < 4.78 is 16.7. The second-order valence-corrected chi connectivity index (χ2v) is 17.8. The van der Waals surface area contributed by atoms with Crippen LogP contribution >= 0.6 is 0 Å². The lowest BCUT2D eigenvalue weighted by molar-refractivity contribution is -0.167. The monoisotopic (exact) mass is 881 g/mol. The standard InChI is InChI=1S/C57H100O6/c1-4-7-10-13-16-19-21-23-25-27-29-31-33-35-38-41-44-47-50-56(59)62-53-54(52-61-55(58)49-46-43-40-37-18-15-12-9-6-3)63-57(60)51-48-45-42-39-36-34-32-30-28-26-24-22-20-17-14-11-8-5-2/h9,12,18,25,27,29-32,37,54H,4-8,10-11,13-17,19-24,26,28,33-36,38-53H2,1-3H3/b12-9-,27-25-,31-29-,32-30-,37-18-. The number of carbonyl (C=O) groups excluding carboxylic acids is 3. The van der Waals surface area contributed by atoms with Gasteiger partial charge in [0.1, 0.15) is 13.2 Å². The molecule has 0 saturated heterocycles. The van der Waals surface area contributed by atoms with Crippen molar-refractivity contribution in [3.05, 3.63) is 60.8 Å². The molecule has 0 aromatic rings. The van der Waals surface area contributed by atoms with E-state index in [0.29, 0.717) is 19.3 Å². The molecule has 0 N–H and O–H groups in total. The smallest absolute Gasteiger partial charge is 0.306 e. The topological polar surface area (TPSA) is 78.9 Å². The summed E-state index contributed by atoms with van der Waals surface area (Å²) in [6.45, 7) is 6.47. The summed E-state index contributed by atoms with van der Waals surface area (Å²) in [4.78, 5) is 37.9. The van der Waals surface area contributed by atoms with Crippen LogP contribution in [0.15, 0.2) is 60.8 Å². The molecule has 0 aliphatic rings. The predicted octanol–water partition coefficient (Wildman–Crippen LogP) is 17.6. The number of ether oxygens (including phenoxy) is 3. The van der Waals surface area contributed by atoms with Crippen LogP contribution in [0.4, 0.5) is 0 Å². The maximum absolute atomic E-state index is 12.8. The van der Waals surface area contributed by atoms with E-state index in [4.69, 9.17) is 14.2 Å². The zero-order valence-electron chi connectivity index (χ0n) is 41.6. The quantitative estimate of drug-likeness (QED) is 0.0199. The van der Waals surface area contributed by atoms with E-state index < -0.39 is 6.10 Å². The van der Waals surface area contributed by atoms with Crippen LogP contribution in [0.25, 0.3) is 0 Å². The third-order valence-corrected chi connectivity index (χ3v) is 11.5. The fourth-order valence-electron chi connectivity index (χ4n) is 7.47. The number of esters is 3. The molecule has 364 valence electrons. The highest BCUT2D eigenvalue weighted by atomic mass is 16.6. The van der Waals surface area contributed by atoms with Gasteiger partial charge in [-0.2, -0.15) is 0 Å². The molecule has 6 heteroatoms. The van der Waals surface area contributed by atoms with E-state index in [9.17, 15) is 14.4 Å². The summed E-state index contributed by atoms with van der Waals surface area (Å²) in [6.07, 6.45) is 63.7. The Morgan fingerprint density at radius 1 is 0.349 bits per heavy atom. The molecule has 0 rings (SSSR count). The SMILES string of the molecule is CC/C=C\C/C=C\CCCCC(=O)OCC(COC(=O)CCCCCCC/C=C\C=C/CCCCCCCCC)OC(=O)CCCCCCC/C=C\CCCCCCCCCCC. The van der Waals surface area contributed by atoms with Gasteiger partial charge in [0.15, 0.2) is 6.10 Å². The highest BCUT2D eigenvalue weighted by Crippen LogP contribution is 2.14. The van der Waals surface area contributed by atoms with Crippen molar-refractivity contribution in [2.24, 2.45) is 0 Å². The molecule has 0 aromatic heterocycles. The molecule has 1 unspecified atom stereocenters. The van der Waals surface area contributed by atoms with Gasteiger partial charge in [-0.3, -0.25) is 14.4 Å². The number of allylic oxidation sites excluding steroid dienone is 10. The van der Waals surface area contributed by atoms with Gasteiger partial charge < -0.3 is 14.2 Å². The van der Waals surface area contributed by atoms with Gasteiger partial charge in [-0.25, -0.2) is 0 Å². The molecular formula is C57H100O6. The molecule has 63 heavy (non-hydrogen) atoms. The van der Waals surface area contributed by atoms with Crippen LogP contribution in [0, 0.1) is 0 Å². The molecule has 0 aromatic carbocycles. The van der Waals surface area contributed by atoms with E-state index >= 15 is 0 Å². The van der Waals surface area contributed by atoms with E-state index in [2.05, 4.69) is 81.5 Å². The lowest BCUT2D eigenvalue weighted by atomic mass is 10.1. The van der Waals surface area contributed by atoms with E-state index in [1.54, 1.807) is 0 Å². The number of hydrogen-bond donors (Lipinski definition) is 0. The Kier molecular flexibility index (Phi) is 49.4. The van der Waals surface area contributed by atoms with Crippen LogP contribution in [0.2, 0.25) is 0 Å². The van der Waals surface area contributed by atoms with Crippen LogP contribution in [0.1, 0.15) is 265 Å². The highest BCUT2D eigenvalue weighted by molar-refractivity contribution is 5.71. The van der Waals surface area contributed by atoms with Crippen molar-refractivity contribution in [3.63, 3.8) is 0 Å². The second kappa shape index (κ2) is 51.7. The van der Waals surface area contributed by atoms with Gasteiger partial charge >= 0.3 is 17.9 Å². The minimum atomic E-state index is -0.796. The van der Waals surface area contributed by atoms with Gasteiger partial charge in [0.2, 0.25) is 0 Å². The summed E-state index contributed by atoms with van der Waals surface area (Å²) in [7, 11) is 0. The average Bonchev–Trinajstić information content (AvgIpc) is 3.28. The molecule has 0 saturated carbocycles. The Balaban J connectivity index is 4.35. The van der Waals surface area contributed by atoms with E-state index in [0.717, 1.165) is 103 Å². The van der Waals surface area contributed by atoms with Gasteiger partial charge in [0.05, 0.1) is 0 Å². The Morgan fingerprint density at radius 3 is 1.10 bits per heavy atom. The number of unbranched alkanes of at least 4 members (excludes halogenated alkanes) is 28. The normalized spacial score (nSPS) is 12.5. The first-order chi connectivity index (χ1) is 31.0. The predicted molar refractivity (Wildman–Crippen MR) is 270 cm³/mol. The lowest BCUT2D eigenvalue weighted by Crippen LogP contribution is -2.30. The summed E-state index contributed by atoms with van der Waals surface area (Å²) >= 11 is 0. The number of rotatable bonds is 48. The minimum absolute atomic E-state index is 0.0956. The minimum Gasteiger partial charge on any atom is -0.462 e. The van der Waals surface area contributed by atoms with Gasteiger partial charge in [-0.05, 0) is 96.3 Å². The second-order valence-electron chi connectivity index (χ2n) is 17.8. The number of hydrogen-bond acceptors (Lipinski definition) is 6. The van der Waals surface area contributed by atoms with Crippen LogP contribution in [0.5, 0.6) is 0 Å². The molecule has 0 radical (unpaired) electrons. The van der Waals surface area contributed by atoms with Crippen LogP contribution < -0.4 is 0 Å². The van der Waals surface area contributed by atoms with Crippen molar-refractivity contribution < 1.29 is 28.6 Å². The first-order valence-corrected chi connectivity index (χ1v) is 26.8. The lowest BCUT2D eigenvalue weighted by Gasteiger charge is -2.18. The Labute approximate surface area is 390 Å². The average molecular weight is 881 g/mol. The Hall–Kier alpha value is -2.89. The van der Waals surface area contributed by atoms with Crippen molar-refractivity contribution in [1.82, 2.24) is 0 Å². The fourth-order valence-corrected chi connectivity index (χ4v) is 7.47. The third kappa shape index (κ3) is 50.0. The maximum atomic E-state index is 12.8. The van der Waals surface area contributed by atoms with Crippen molar-refractivity contribution in [2.45, 2.75) is 271 Å². The molecule has 0 fully saturated rings. The summed E-state index contributed by atoms with van der Waals surface area (Å²) in [6, 6.07) is 0. The van der Waals surface area contributed by atoms with Crippen molar-refractivity contribution in [2.75, 3.05) is 13.2 Å². The van der Waals surface area contributed by atoms with Crippen molar-refractivity contribution in [1.29, 1.82) is 0 Å². The highest BCUT2D eigenvalue weighted by Gasteiger charge is 2.19. The van der Waals surface area contributed by atoms with Crippen molar-refractivity contribution in [3.8, 4) is 0 Å². The van der Waals surface area contributed by atoms with Crippen LogP contribution in [-0.2, 0) is 28.6 Å². The fraction of sp³-hybridized carbons (Fsp3) is 0.772. The summed E-state index contributed by atoms with van der Waals surface area (Å²) in [5.74, 6) is -0.951. The first-order valence-electron chi connectivity index (χ1n) is 26.8. The molecular weight excluding hydrogens is 781 g/mol. The summed E-state index contributed by atoms with van der Waals surface area (Å²) in [5.41, 5.74) is 0. The third-order valence-electron chi connectivity index (χ3n) is 11.5. The van der Waals surface area contributed by atoms with Crippen LogP contribution in [-0.4, -0.2) is 37.2 Å². The summed E-state index contributed by atoms with van der Waals surface area (Å²) in [5, 5.41) is 0. The molecule has 6 nitrogen and oxygen atoms in total. The van der Waals surface area contributed by atoms with E-state index in [-0.39, 0.29) is 31.1 Å². The number of carbonyl (C=O) groups is 3. The molecule has 0 heterocycles. The van der Waals surface area contributed by atoms with Crippen LogP contribution in [0.3, 0.4) is 0 Å². The first kappa shape index (κ1) is 60.1. The molecule has 0 amide bonds. The maximum Gasteiger partial charge on any atom is 0.306 e. The largest absolute Gasteiger partial charge is 0.462 e. The molecule has 0 bridgehead atoms. The zero-order valence-corrected chi connectivity index (χ0v) is 41.6. The zero-order chi connectivity index (χ0) is 45.8. The van der Waals surface area contributed by atoms with Crippen molar-refractivity contribution >= 4 is 17.9 Å². The molecule has 0 aliphatic carbocycles. The Morgan fingerprint density at radius 2 is 0.667 bits per heavy atom. The Bertz CT molecular complexity index is 1150. The van der Waals surface area contributed by atoms with Gasteiger partial charge in [-0.1, -0.05) is 210 Å². The van der Waals surface area contributed by atoms with E-state index in [1.807, 2.05) is 0 Å². The molecule has 0 aliphatic heterocycles. The van der Waals surface area contributed by atoms with E-state index in [1.165, 1.54) is 122 Å². The van der Waals surface area contributed by atoms with Gasteiger partial charge in [0, 0.05) is 19.3 Å². The van der Waals surface area contributed by atoms with Gasteiger partial charge in [0.25, 0.3) is 0 Å². The molecule has 0 spiro atoms. The van der Waals surface area contributed by atoms with Gasteiger partial charge in [-0.15, -0.1) is 0 Å².